The highest BCUT2D eigenvalue weighted by molar-refractivity contribution is 7.89. The topological polar surface area (TPSA) is 98.8 Å². The van der Waals surface area contributed by atoms with E-state index in [1.54, 1.807) is 12.1 Å². The average molecular weight is 531 g/mol. The van der Waals surface area contributed by atoms with E-state index in [1.807, 2.05) is 6.92 Å². The number of carbonyl (C=O) groups is 2. The lowest BCUT2D eigenvalue weighted by atomic mass is 9.70. The molecule has 4 rings (SSSR count). The van der Waals surface area contributed by atoms with Crippen LogP contribution < -0.4 is 10.6 Å². The van der Waals surface area contributed by atoms with E-state index in [0.29, 0.717) is 11.5 Å². The second-order valence-corrected chi connectivity index (χ2v) is 14.3. The molecule has 3 aliphatic rings. The van der Waals surface area contributed by atoms with Crippen molar-refractivity contribution in [2.45, 2.75) is 96.2 Å². The Morgan fingerprint density at radius 1 is 1.14 bits per heavy atom. The fourth-order valence-corrected chi connectivity index (χ4v) is 7.61. The lowest BCUT2D eigenvalue weighted by molar-refractivity contribution is -0.130. The molecule has 1 aromatic carbocycles. The monoisotopic (exact) mass is 530 g/mol. The molecule has 3 atom stereocenters. The molecule has 2 N–H and O–H groups in total. The van der Waals surface area contributed by atoms with E-state index >= 15 is 0 Å². The summed E-state index contributed by atoms with van der Waals surface area (Å²) in [7, 11) is -3.99. The normalized spacial score (nSPS) is 28.0. The molecule has 8 nitrogen and oxygen atoms in total. The maximum atomic E-state index is 13.3. The fraction of sp³-hybridized carbons (Fsp3) is 0.643. The third-order valence-corrected chi connectivity index (χ3v) is 10.1. The maximum absolute atomic E-state index is 13.3. The summed E-state index contributed by atoms with van der Waals surface area (Å²) in [5.74, 6) is -0.820. The highest BCUT2D eigenvalue weighted by Crippen LogP contribution is 2.40. The standard InChI is InChI=1S/C28H42N4O4S/c1-20-7-10-22(11-8-20)37(35,36)32-16-14-29-26(34)23(32)17-25(33)30-24-12-9-21(18-28(24,4)5)31-15-6-13-27(2,3)19-31/h7-8,10-11,14,16,21,23-24H,6,9,12-13,15,17-19H2,1-5H3,(H,29,34)(H,30,33)/t21-,23+,24-/m0/s1. The van der Waals surface area contributed by atoms with E-state index in [0.717, 1.165) is 42.2 Å². The van der Waals surface area contributed by atoms with Gasteiger partial charge in [0.25, 0.3) is 10.0 Å². The Kier molecular flexibility index (Phi) is 7.77. The number of nitrogens with one attached hydrogen (secondary N) is 2. The number of hydrogen-bond acceptors (Lipinski definition) is 5. The van der Waals surface area contributed by atoms with Gasteiger partial charge in [0.2, 0.25) is 11.8 Å². The van der Waals surface area contributed by atoms with E-state index in [-0.39, 0.29) is 28.7 Å². The van der Waals surface area contributed by atoms with Crippen LogP contribution in [0.25, 0.3) is 0 Å². The van der Waals surface area contributed by atoms with E-state index < -0.39 is 22.0 Å². The van der Waals surface area contributed by atoms with E-state index in [9.17, 15) is 18.0 Å². The molecule has 2 heterocycles. The molecule has 2 amide bonds. The van der Waals surface area contributed by atoms with Crippen molar-refractivity contribution in [3.8, 4) is 0 Å². The van der Waals surface area contributed by atoms with Crippen LogP contribution in [0.3, 0.4) is 0 Å². The predicted molar refractivity (Wildman–Crippen MR) is 144 cm³/mol. The first-order chi connectivity index (χ1) is 17.3. The number of benzene rings is 1. The van der Waals surface area contributed by atoms with Gasteiger partial charge in [-0.1, -0.05) is 45.4 Å². The number of aryl methyl sites for hydroxylation is 1. The number of rotatable bonds is 6. The molecule has 0 aromatic heterocycles. The van der Waals surface area contributed by atoms with Crippen LogP contribution in [0.1, 0.15) is 71.8 Å². The maximum Gasteiger partial charge on any atom is 0.264 e. The Labute approximate surface area is 221 Å². The number of carbonyl (C=O) groups excluding carboxylic acids is 2. The molecule has 0 unspecified atom stereocenters. The second kappa shape index (κ2) is 10.4. The van der Waals surface area contributed by atoms with Crippen LogP contribution in [0.4, 0.5) is 0 Å². The Balaban J connectivity index is 1.42. The van der Waals surface area contributed by atoms with Crippen LogP contribution in [-0.2, 0) is 19.6 Å². The van der Waals surface area contributed by atoms with Gasteiger partial charge < -0.3 is 10.6 Å². The first-order valence-electron chi connectivity index (χ1n) is 13.4. The number of sulfonamides is 1. The Morgan fingerprint density at radius 2 is 1.84 bits per heavy atom. The fourth-order valence-electron chi connectivity index (χ4n) is 6.16. The predicted octanol–water partition coefficient (Wildman–Crippen LogP) is 3.53. The lowest BCUT2D eigenvalue weighted by Crippen LogP contribution is -2.56. The van der Waals surface area contributed by atoms with Gasteiger partial charge in [-0.25, -0.2) is 8.42 Å². The van der Waals surface area contributed by atoms with E-state index in [4.69, 9.17) is 0 Å². The van der Waals surface area contributed by atoms with Crippen LogP contribution in [0, 0.1) is 17.8 Å². The van der Waals surface area contributed by atoms with Crippen LogP contribution in [-0.4, -0.2) is 60.7 Å². The molecular weight excluding hydrogens is 488 g/mol. The summed E-state index contributed by atoms with van der Waals surface area (Å²) in [6.45, 7) is 13.2. The molecular formula is C28H42N4O4S. The molecule has 1 saturated heterocycles. The molecule has 2 aliphatic heterocycles. The van der Waals surface area contributed by atoms with Gasteiger partial charge >= 0.3 is 0 Å². The smallest absolute Gasteiger partial charge is 0.264 e. The van der Waals surface area contributed by atoms with Crippen molar-refractivity contribution in [1.29, 1.82) is 0 Å². The summed E-state index contributed by atoms with van der Waals surface area (Å²) in [6.07, 6.45) is 7.75. The minimum atomic E-state index is -3.99. The molecule has 0 radical (unpaired) electrons. The molecule has 9 heteroatoms. The number of amides is 2. The molecule has 1 saturated carbocycles. The van der Waals surface area contributed by atoms with Gasteiger partial charge in [0, 0.05) is 31.0 Å². The van der Waals surface area contributed by atoms with Crippen molar-refractivity contribution in [3.05, 3.63) is 42.2 Å². The molecule has 1 aromatic rings. The van der Waals surface area contributed by atoms with Crippen LogP contribution in [0.2, 0.25) is 0 Å². The largest absolute Gasteiger partial charge is 0.353 e. The van der Waals surface area contributed by atoms with Gasteiger partial charge in [0.1, 0.15) is 6.04 Å². The average Bonchev–Trinajstić information content (AvgIpc) is 2.81. The first-order valence-corrected chi connectivity index (χ1v) is 14.8. The quantitative estimate of drug-likeness (QED) is 0.586. The zero-order valence-electron chi connectivity index (χ0n) is 22.8. The molecule has 1 aliphatic carbocycles. The van der Waals surface area contributed by atoms with Crippen molar-refractivity contribution in [2.75, 3.05) is 13.1 Å². The molecule has 204 valence electrons. The van der Waals surface area contributed by atoms with Crippen molar-refractivity contribution in [3.63, 3.8) is 0 Å². The van der Waals surface area contributed by atoms with Crippen LogP contribution in [0.5, 0.6) is 0 Å². The summed E-state index contributed by atoms with van der Waals surface area (Å²) < 4.78 is 27.6. The molecule has 2 fully saturated rings. The summed E-state index contributed by atoms with van der Waals surface area (Å²) in [5.41, 5.74) is 1.17. The number of hydrogen-bond donors (Lipinski definition) is 2. The summed E-state index contributed by atoms with van der Waals surface area (Å²) in [4.78, 5) is 28.6. The van der Waals surface area contributed by atoms with Gasteiger partial charge in [-0.05, 0) is 68.5 Å². The van der Waals surface area contributed by atoms with Gasteiger partial charge in [-0.3, -0.25) is 18.8 Å². The van der Waals surface area contributed by atoms with Crippen molar-refractivity contribution >= 4 is 21.8 Å². The van der Waals surface area contributed by atoms with Gasteiger partial charge in [0.05, 0.1) is 11.3 Å². The zero-order chi connectivity index (χ0) is 27.0. The van der Waals surface area contributed by atoms with Gasteiger partial charge in [-0.2, -0.15) is 0 Å². The van der Waals surface area contributed by atoms with Gasteiger partial charge in [0.15, 0.2) is 0 Å². The highest BCUT2D eigenvalue weighted by atomic mass is 32.2. The summed E-state index contributed by atoms with van der Waals surface area (Å²) >= 11 is 0. The van der Waals surface area contributed by atoms with Crippen molar-refractivity contribution in [1.82, 2.24) is 19.8 Å². The third-order valence-electron chi connectivity index (χ3n) is 8.31. The number of piperidine rings is 1. The van der Waals surface area contributed by atoms with Crippen LogP contribution >= 0.6 is 0 Å². The van der Waals surface area contributed by atoms with Crippen molar-refractivity contribution < 1.29 is 18.0 Å². The van der Waals surface area contributed by atoms with E-state index in [2.05, 4.69) is 43.2 Å². The highest BCUT2D eigenvalue weighted by Gasteiger charge is 2.42. The van der Waals surface area contributed by atoms with Crippen LogP contribution in [0.15, 0.2) is 41.6 Å². The number of likely N-dealkylation sites (tertiary alicyclic amines) is 1. The Hall–Kier alpha value is -2.39. The van der Waals surface area contributed by atoms with Gasteiger partial charge in [-0.15, -0.1) is 0 Å². The Bertz CT molecular complexity index is 1140. The zero-order valence-corrected chi connectivity index (χ0v) is 23.6. The molecule has 37 heavy (non-hydrogen) atoms. The minimum absolute atomic E-state index is 0.0293. The lowest BCUT2D eigenvalue weighted by Gasteiger charge is -2.49. The van der Waals surface area contributed by atoms with Crippen molar-refractivity contribution in [2.24, 2.45) is 10.8 Å². The van der Waals surface area contributed by atoms with E-state index in [1.165, 1.54) is 37.4 Å². The molecule has 0 bridgehead atoms. The summed E-state index contributed by atoms with van der Waals surface area (Å²) in [6, 6.07) is 5.80. The second-order valence-electron chi connectivity index (χ2n) is 12.5. The minimum Gasteiger partial charge on any atom is -0.353 e. The summed E-state index contributed by atoms with van der Waals surface area (Å²) in [5, 5.41) is 5.71. The SMILES string of the molecule is Cc1ccc(S(=O)(=O)N2C=CNC(=O)[C@H]2CC(=O)N[C@H]2CC[C@H](N3CCCC(C)(C)C3)CC2(C)C)cc1. The Morgan fingerprint density at radius 3 is 2.49 bits per heavy atom. The first kappa shape index (κ1) is 27.6. The third kappa shape index (κ3) is 6.20. The number of nitrogens with zero attached hydrogens (tertiary/aromatic N) is 2. The molecule has 0 spiro atoms.